The van der Waals surface area contributed by atoms with Crippen LogP contribution in [-0.2, 0) is 11.5 Å². The Balaban J connectivity index is 1.66. The molecular formula is C20H15N5O4S. The Kier molecular flexibility index (Phi) is 4.03. The topological polar surface area (TPSA) is 110 Å². The number of benzene rings is 2. The third kappa shape index (κ3) is 2.80. The molecule has 3 aromatic rings. The zero-order valence-corrected chi connectivity index (χ0v) is 16.6. The van der Waals surface area contributed by atoms with Gasteiger partial charge < -0.3 is 10.2 Å². The fourth-order valence-electron chi connectivity index (χ4n) is 3.64. The first kappa shape index (κ1) is 18.3. The summed E-state index contributed by atoms with van der Waals surface area (Å²) in [6.07, 6.45) is 0. The number of thiazole rings is 1. The van der Waals surface area contributed by atoms with Crippen LogP contribution in [0.3, 0.4) is 0 Å². The van der Waals surface area contributed by atoms with E-state index in [4.69, 9.17) is 0 Å². The molecule has 0 bridgehead atoms. The van der Waals surface area contributed by atoms with E-state index in [1.165, 1.54) is 22.8 Å². The second-order valence-electron chi connectivity index (χ2n) is 7.08. The largest absolute Gasteiger partial charge is 0.334 e. The van der Waals surface area contributed by atoms with Crippen LogP contribution in [0.5, 0.6) is 0 Å². The molecule has 0 radical (unpaired) electrons. The highest BCUT2D eigenvalue weighted by Crippen LogP contribution is 2.32. The third-order valence-corrected chi connectivity index (χ3v) is 6.22. The molecule has 0 fully saturated rings. The molecule has 0 spiro atoms. The maximum atomic E-state index is 13.2. The molecule has 150 valence electrons. The molecule has 2 aliphatic heterocycles. The van der Waals surface area contributed by atoms with E-state index in [2.05, 4.69) is 10.3 Å². The highest BCUT2D eigenvalue weighted by Gasteiger charge is 2.29. The van der Waals surface area contributed by atoms with E-state index < -0.39 is 10.8 Å². The predicted octanol–water partition coefficient (Wildman–Crippen LogP) is 1.33. The summed E-state index contributed by atoms with van der Waals surface area (Å²) in [6.45, 7) is 2.71. The van der Waals surface area contributed by atoms with Crippen molar-refractivity contribution in [3.05, 3.63) is 83.4 Å². The smallest absolute Gasteiger partial charge is 0.272 e. The molecule has 9 nitrogen and oxygen atoms in total. The zero-order chi connectivity index (χ0) is 21.0. The Labute approximate surface area is 173 Å². The number of aromatic nitrogens is 1. The van der Waals surface area contributed by atoms with Gasteiger partial charge in [-0.1, -0.05) is 23.5 Å². The Hall–Kier alpha value is -3.79. The van der Waals surface area contributed by atoms with E-state index in [1.54, 1.807) is 0 Å². The molecule has 0 saturated heterocycles. The van der Waals surface area contributed by atoms with E-state index in [9.17, 15) is 19.7 Å². The number of hydrogen-bond acceptors (Lipinski definition) is 7. The molecule has 0 aliphatic carbocycles. The number of aryl methyl sites for hydroxylation is 1. The number of nitro benzene ring substituents is 1. The van der Waals surface area contributed by atoms with Crippen LogP contribution in [0.25, 0.3) is 5.57 Å². The van der Waals surface area contributed by atoms with Gasteiger partial charge in [-0.15, -0.1) is 0 Å². The molecule has 30 heavy (non-hydrogen) atoms. The van der Waals surface area contributed by atoms with Gasteiger partial charge in [-0.05, 0) is 30.7 Å². The van der Waals surface area contributed by atoms with Gasteiger partial charge in [-0.2, -0.15) is 0 Å². The molecular weight excluding hydrogens is 406 g/mol. The number of nitrogens with one attached hydrogen (secondary N) is 1. The van der Waals surface area contributed by atoms with Gasteiger partial charge in [0.05, 0.1) is 10.5 Å². The van der Waals surface area contributed by atoms with Crippen molar-refractivity contribution in [1.29, 1.82) is 0 Å². The van der Waals surface area contributed by atoms with Crippen molar-refractivity contribution in [1.82, 2.24) is 4.57 Å². The van der Waals surface area contributed by atoms with Gasteiger partial charge in [0, 0.05) is 29.1 Å². The molecule has 2 aromatic carbocycles. The van der Waals surface area contributed by atoms with E-state index in [1.807, 2.05) is 36.1 Å². The lowest BCUT2D eigenvalue weighted by Gasteiger charge is -2.25. The minimum absolute atomic E-state index is 0.139. The van der Waals surface area contributed by atoms with E-state index in [0.29, 0.717) is 29.4 Å². The molecule has 0 unspecified atom stereocenters. The average Bonchev–Trinajstić information content (AvgIpc) is 3.22. The minimum Gasteiger partial charge on any atom is -0.334 e. The molecule has 0 saturated carbocycles. The van der Waals surface area contributed by atoms with E-state index in [-0.39, 0.29) is 21.4 Å². The second kappa shape index (κ2) is 6.63. The molecule has 1 N–H and O–H groups in total. The summed E-state index contributed by atoms with van der Waals surface area (Å²) in [6, 6.07) is 12.0. The Morgan fingerprint density at radius 2 is 2.03 bits per heavy atom. The minimum atomic E-state index is -0.526. The van der Waals surface area contributed by atoms with Gasteiger partial charge in [0.15, 0.2) is 4.80 Å². The fraction of sp³-hybridized carbons (Fsp3) is 0.150. The summed E-state index contributed by atoms with van der Waals surface area (Å²) in [5.74, 6) is -0.447. The number of anilines is 2. The number of non-ortho nitro benzene ring substituents is 1. The van der Waals surface area contributed by atoms with Crippen LogP contribution >= 0.6 is 11.3 Å². The lowest BCUT2D eigenvalue weighted by molar-refractivity contribution is -0.384. The highest BCUT2D eigenvalue weighted by molar-refractivity contribution is 7.07. The van der Waals surface area contributed by atoms with Crippen molar-refractivity contribution in [2.24, 2.45) is 4.99 Å². The number of nitrogens with zero attached hydrogens (tertiary/aromatic N) is 4. The van der Waals surface area contributed by atoms with Crippen LogP contribution < -0.4 is 25.1 Å². The van der Waals surface area contributed by atoms with Crippen molar-refractivity contribution in [3.63, 3.8) is 0 Å². The number of amides is 1. The molecule has 1 aromatic heterocycles. The van der Waals surface area contributed by atoms with Crippen LogP contribution in [0.2, 0.25) is 0 Å². The Morgan fingerprint density at radius 3 is 2.80 bits per heavy atom. The van der Waals surface area contributed by atoms with Crippen molar-refractivity contribution in [3.8, 4) is 0 Å². The second-order valence-corrected chi connectivity index (χ2v) is 8.06. The fourth-order valence-corrected chi connectivity index (χ4v) is 4.70. The van der Waals surface area contributed by atoms with Gasteiger partial charge in [-0.25, -0.2) is 4.99 Å². The van der Waals surface area contributed by atoms with Crippen molar-refractivity contribution in [2.45, 2.75) is 13.6 Å². The maximum Gasteiger partial charge on any atom is 0.272 e. The Morgan fingerprint density at radius 1 is 1.20 bits per heavy atom. The van der Waals surface area contributed by atoms with Gasteiger partial charge in [-0.3, -0.25) is 24.3 Å². The molecule has 5 rings (SSSR count). The molecule has 3 heterocycles. The number of fused-ring (bicyclic) bond motifs is 2. The predicted molar refractivity (Wildman–Crippen MR) is 112 cm³/mol. The highest BCUT2D eigenvalue weighted by atomic mass is 32.1. The average molecular weight is 421 g/mol. The van der Waals surface area contributed by atoms with Crippen molar-refractivity contribution in [2.75, 3.05) is 16.9 Å². The van der Waals surface area contributed by atoms with Crippen LogP contribution in [0, 0.1) is 17.0 Å². The zero-order valence-electron chi connectivity index (χ0n) is 15.8. The van der Waals surface area contributed by atoms with Gasteiger partial charge in [0.1, 0.15) is 17.9 Å². The first-order valence-corrected chi connectivity index (χ1v) is 9.94. The van der Waals surface area contributed by atoms with Gasteiger partial charge >= 0.3 is 0 Å². The number of rotatable bonds is 2. The summed E-state index contributed by atoms with van der Waals surface area (Å²) in [7, 11) is 0. The SMILES string of the molecule is Cc1cccc(N2CN=c3s/c(=C4\C(=O)Nc5ccc([N+](=O)[O-])cc54)c(=O)n3C2)c1. The monoisotopic (exact) mass is 421 g/mol. The summed E-state index contributed by atoms with van der Waals surface area (Å²) >= 11 is 1.13. The standard InChI is InChI=1S/C20H15N5O4S/c1-11-3-2-4-12(7-11)23-9-21-20-24(10-23)19(27)17(30-20)16-14-8-13(25(28)29)5-6-15(14)22-18(16)26/h2-8H,9-10H2,1H3,(H,22,26)/b17-16-. The van der Waals surface area contributed by atoms with Crippen molar-refractivity contribution < 1.29 is 9.72 Å². The van der Waals surface area contributed by atoms with Gasteiger partial charge in [0.2, 0.25) is 0 Å². The summed E-state index contributed by atoms with van der Waals surface area (Å²) in [5, 5.41) is 13.8. The number of carbonyl (C=O) groups is 1. The van der Waals surface area contributed by atoms with Crippen LogP contribution in [0.4, 0.5) is 17.1 Å². The summed E-state index contributed by atoms with van der Waals surface area (Å²) in [4.78, 5) is 43.4. The molecule has 0 atom stereocenters. The quantitative estimate of drug-likeness (QED) is 0.496. The number of carbonyl (C=O) groups excluding carboxylic acids is 1. The third-order valence-electron chi connectivity index (χ3n) is 5.10. The van der Waals surface area contributed by atoms with Crippen molar-refractivity contribution >= 4 is 39.9 Å². The van der Waals surface area contributed by atoms with Gasteiger partial charge in [0.25, 0.3) is 17.2 Å². The first-order chi connectivity index (χ1) is 14.4. The van der Waals surface area contributed by atoms with Crippen LogP contribution in [-0.4, -0.2) is 22.1 Å². The lowest BCUT2D eigenvalue weighted by atomic mass is 10.1. The first-order valence-electron chi connectivity index (χ1n) is 9.12. The summed E-state index contributed by atoms with van der Waals surface area (Å²) < 4.78 is 1.76. The normalized spacial score (nSPS) is 16.6. The number of nitro groups is 1. The lowest BCUT2D eigenvalue weighted by Crippen LogP contribution is -2.43. The van der Waals surface area contributed by atoms with E-state index in [0.717, 1.165) is 22.6 Å². The van der Waals surface area contributed by atoms with Crippen LogP contribution in [0.15, 0.2) is 52.3 Å². The number of hydrogen-bond donors (Lipinski definition) is 1. The maximum absolute atomic E-state index is 13.2. The Bertz CT molecular complexity index is 1420. The molecule has 10 heteroatoms. The summed E-state index contributed by atoms with van der Waals surface area (Å²) in [5.41, 5.74) is 2.56. The van der Waals surface area contributed by atoms with Crippen LogP contribution in [0.1, 0.15) is 11.1 Å². The van der Waals surface area contributed by atoms with E-state index >= 15 is 0 Å². The molecule has 1 amide bonds. The molecule has 2 aliphatic rings.